The van der Waals surface area contributed by atoms with Gasteiger partial charge in [-0.3, -0.25) is 4.79 Å². The normalized spacial score (nSPS) is 16.8. The molecule has 3 heterocycles. The molecule has 0 aliphatic carbocycles. The number of carbonyl (C=O) groups excluding carboxylic acids is 1. The van der Waals surface area contributed by atoms with Crippen molar-refractivity contribution in [1.82, 2.24) is 9.97 Å². The molecule has 0 bridgehead atoms. The average Bonchev–Trinajstić information content (AvgIpc) is 3.03. The number of hydrogen-bond donors (Lipinski definition) is 0. The molecule has 0 saturated carbocycles. The number of aryl methyl sites for hydroxylation is 1. The number of nitrogens with zero attached hydrogens (tertiary/aromatic N) is 2. The number of ether oxygens (including phenoxy) is 2. The van der Waals surface area contributed by atoms with Crippen molar-refractivity contribution in [2.24, 2.45) is 0 Å². The molecule has 0 spiro atoms. The molecule has 6 heteroatoms. The summed E-state index contributed by atoms with van der Waals surface area (Å²) in [6, 6.07) is 7.55. The Kier molecular flexibility index (Phi) is 3.69. The molecule has 5 nitrogen and oxygen atoms in total. The van der Waals surface area contributed by atoms with E-state index in [4.69, 9.17) is 9.47 Å². The molecule has 122 valence electrons. The van der Waals surface area contributed by atoms with Crippen LogP contribution in [0.15, 0.2) is 29.6 Å². The summed E-state index contributed by atoms with van der Waals surface area (Å²) in [7, 11) is 0. The van der Waals surface area contributed by atoms with Gasteiger partial charge in [0, 0.05) is 12.5 Å². The molecule has 24 heavy (non-hydrogen) atoms. The zero-order valence-electron chi connectivity index (χ0n) is 13.4. The van der Waals surface area contributed by atoms with Crippen LogP contribution in [-0.2, 0) is 11.2 Å². The van der Waals surface area contributed by atoms with E-state index in [2.05, 4.69) is 9.97 Å². The monoisotopic (exact) mass is 340 g/mol. The van der Waals surface area contributed by atoms with Crippen LogP contribution in [0.5, 0.6) is 17.4 Å². The highest BCUT2D eigenvalue weighted by molar-refractivity contribution is 7.16. The van der Waals surface area contributed by atoms with Gasteiger partial charge >= 0.3 is 5.97 Å². The molecule has 0 saturated heterocycles. The van der Waals surface area contributed by atoms with Crippen LogP contribution in [0.25, 0.3) is 10.2 Å². The first kappa shape index (κ1) is 15.1. The van der Waals surface area contributed by atoms with Gasteiger partial charge in [0.15, 0.2) is 0 Å². The Morgan fingerprint density at radius 3 is 3.04 bits per heavy atom. The van der Waals surface area contributed by atoms with E-state index in [1.807, 2.05) is 37.4 Å². The molecule has 0 amide bonds. The summed E-state index contributed by atoms with van der Waals surface area (Å²) < 4.78 is 11.3. The zero-order chi connectivity index (χ0) is 16.7. The van der Waals surface area contributed by atoms with Crippen molar-refractivity contribution in [2.45, 2.75) is 32.6 Å². The summed E-state index contributed by atoms with van der Waals surface area (Å²) >= 11 is 1.56. The molecule has 4 rings (SSSR count). The fourth-order valence-electron chi connectivity index (χ4n) is 2.82. The third-order valence-electron chi connectivity index (χ3n) is 4.08. The van der Waals surface area contributed by atoms with Crippen molar-refractivity contribution in [2.75, 3.05) is 0 Å². The van der Waals surface area contributed by atoms with E-state index in [9.17, 15) is 4.79 Å². The van der Waals surface area contributed by atoms with Gasteiger partial charge in [0.25, 0.3) is 0 Å². The molecule has 0 radical (unpaired) electrons. The van der Waals surface area contributed by atoms with Crippen LogP contribution in [0.4, 0.5) is 0 Å². The third-order valence-corrected chi connectivity index (χ3v) is 4.89. The summed E-state index contributed by atoms with van der Waals surface area (Å²) in [5.41, 5.74) is 1.03. The van der Waals surface area contributed by atoms with E-state index in [-0.39, 0.29) is 11.9 Å². The number of aromatic nitrogens is 2. The van der Waals surface area contributed by atoms with Crippen LogP contribution in [0.1, 0.15) is 37.6 Å². The molecule has 2 aromatic heterocycles. The van der Waals surface area contributed by atoms with Gasteiger partial charge in [-0.25, -0.2) is 4.98 Å². The van der Waals surface area contributed by atoms with Crippen LogP contribution in [0.3, 0.4) is 0 Å². The summed E-state index contributed by atoms with van der Waals surface area (Å²) in [5, 5.41) is 2.86. The second-order valence-corrected chi connectivity index (χ2v) is 6.71. The first-order valence-corrected chi connectivity index (χ1v) is 8.78. The maximum absolute atomic E-state index is 11.6. The number of carbonyl (C=O) groups is 1. The summed E-state index contributed by atoms with van der Waals surface area (Å²) in [6.07, 6.45) is 1.15. The standard InChI is InChI=1S/C18H16N2O3S/c1-3-15-19-17(13-6-7-24-18(13)20-15)22-11-4-5-12-10(2)8-16(21)23-14(12)9-11/h4-7,9-10H,3,8H2,1-2H3. The zero-order valence-corrected chi connectivity index (χ0v) is 14.2. The molecule has 0 N–H and O–H groups in total. The quantitative estimate of drug-likeness (QED) is 0.520. The number of benzene rings is 1. The molecule has 1 unspecified atom stereocenters. The molecule has 1 atom stereocenters. The Bertz CT molecular complexity index is 935. The number of esters is 1. The van der Waals surface area contributed by atoms with Crippen molar-refractivity contribution in [3.8, 4) is 17.4 Å². The second-order valence-electron chi connectivity index (χ2n) is 5.82. The molecular formula is C18H16N2O3S. The van der Waals surface area contributed by atoms with E-state index in [0.29, 0.717) is 23.8 Å². The number of hydrogen-bond acceptors (Lipinski definition) is 6. The fourth-order valence-corrected chi connectivity index (χ4v) is 3.59. The highest BCUT2D eigenvalue weighted by atomic mass is 32.1. The number of thiophene rings is 1. The van der Waals surface area contributed by atoms with Gasteiger partial charge in [0.1, 0.15) is 22.2 Å². The van der Waals surface area contributed by atoms with Gasteiger partial charge in [0.05, 0.1) is 11.8 Å². The van der Waals surface area contributed by atoms with Gasteiger partial charge in [-0.1, -0.05) is 19.9 Å². The van der Waals surface area contributed by atoms with Gasteiger partial charge in [-0.2, -0.15) is 4.98 Å². The van der Waals surface area contributed by atoms with Crippen molar-refractivity contribution in [3.63, 3.8) is 0 Å². The topological polar surface area (TPSA) is 61.3 Å². The van der Waals surface area contributed by atoms with Gasteiger partial charge in [-0.15, -0.1) is 11.3 Å². The van der Waals surface area contributed by atoms with Crippen LogP contribution in [0.2, 0.25) is 0 Å². The number of rotatable bonds is 3. The van der Waals surface area contributed by atoms with Crippen LogP contribution in [-0.4, -0.2) is 15.9 Å². The van der Waals surface area contributed by atoms with Gasteiger partial charge in [0.2, 0.25) is 5.88 Å². The lowest BCUT2D eigenvalue weighted by atomic mass is 9.95. The van der Waals surface area contributed by atoms with Crippen LogP contribution in [0, 0.1) is 0 Å². The van der Waals surface area contributed by atoms with Gasteiger partial charge < -0.3 is 9.47 Å². The smallest absolute Gasteiger partial charge is 0.311 e. The van der Waals surface area contributed by atoms with Crippen molar-refractivity contribution >= 4 is 27.5 Å². The van der Waals surface area contributed by atoms with Crippen LogP contribution >= 0.6 is 11.3 Å². The predicted octanol–water partition coefficient (Wildman–Crippen LogP) is 4.46. The lowest BCUT2D eigenvalue weighted by molar-refractivity contribution is -0.135. The van der Waals surface area contributed by atoms with Crippen LogP contribution < -0.4 is 9.47 Å². The molecule has 1 aliphatic rings. The predicted molar refractivity (Wildman–Crippen MR) is 92.0 cm³/mol. The van der Waals surface area contributed by atoms with Crippen molar-refractivity contribution in [1.29, 1.82) is 0 Å². The third kappa shape index (κ3) is 2.63. The lowest BCUT2D eigenvalue weighted by Crippen LogP contribution is -2.18. The summed E-state index contributed by atoms with van der Waals surface area (Å²) in [4.78, 5) is 21.6. The minimum Gasteiger partial charge on any atom is -0.438 e. The van der Waals surface area contributed by atoms with E-state index >= 15 is 0 Å². The Labute approximate surface area is 143 Å². The van der Waals surface area contributed by atoms with E-state index in [0.717, 1.165) is 28.0 Å². The highest BCUT2D eigenvalue weighted by Crippen LogP contribution is 2.38. The summed E-state index contributed by atoms with van der Waals surface area (Å²) in [6.45, 7) is 4.03. The first-order valence-electron chi connectivity index (χ1n) is 7.90. The first-order chi connectivity index (χ1) is 11.6. The minimum absolute atomic E-state index is 0.157. The Balaban J connectivity index is 1.72. The Morgan fingerprint density at radius 2 is 2.21 bits per heavy atom. The lowest BCUT2D eigenvalue weighted by Gasteiger charge is -2.21. The van der Waals surface area contributed by atoms with E-state index in [1.54, 1.807) is 17.4 Å². The maximum Gasteiger partial charge on any atom is 0.311 e. The molecule has 0 fully saturated rings. The Hall–Kier alpha value is -2.47. The van der Waals surface area contributed by atoms with E-state index in [1.165, 1.54) is 0 Å². The maximum atomic E-state index is 11.6. The molecule has 1 aliphatic heterocycles. The number of fused-ring (bicyclic) bond motifs is 2. The highest BCUT2D eigenvalue weighted by Gasteiger charge is 2.24. The minimum atomic E-state index is -0.206. The second kappa shape index (κ2) is 5.87. The molecule has 1 aromatic carbocycles. The largest absolute Gasteiger partial charge is 0.438 e. The molecular weight excluding hydrogens is 324 g/mol. The van der Waals surface area contributed by atoms with Gasteiger partial charge in [-0.05, 0) is 29.0 Å². The molecule has 3 aromatic rings. The van der Waals surface area contributed by atoms with Crippen molar-refractivity contribution < 1.29 is 14.3 Å². The summed E-state index contributed by atoms with van der Waals surface area (Å²) in [5.74, 6) is 2.41. The average molecular weight is 340 g/mol. The van der Waals surface area contributed by atoms with E-state index < -0.39 is 0 Å². The fraction of sp³-hybridized carbons (Fsp3) is 0.278. The van der Waals surface area contributed by atoms with Crippen molar-refractivity contribution in [3.05, 3.63) is 41.0 Å². The Morgan fingerprint density at radius 1 is 1.33 bits per heavy atom. The SMILES string of the molecule is CCc1nc(Oc2ccc3c(c2)OC(=O)CC3C)c2ccsc2n1.